The van der Waals surface area contributed by atoms with Crippen LogP contribution < -0.4 is 0 Å². The van der Waals surface area contributed by atoms with Gasteiger partial charge in [0.25, 0.3) is 0 Å². The van der Waals surface area contributed by atoms with Gasteiger partial charge in [-0.25, -0.2) is 4.39 Å². The molecular formula is C6H12BrFO. The minimum atomic E-state index is -0.753. The number of rotatable bonds is 5. The van der Waals surface area contributed by atoms with Crippen LogP contribution in [0.15, 0.2) is 0 Å². The van der Waals surface area contributed by atoms with Gasteiger partial charge in [-0.05, 0) is 6.92 Å². The molecule has 0 saturated carbocycles. The Balaban J connectivity index is 2.88. The molecule has 0 fully saturated rings. The normalized spacial score (nSPS) is 13.7. The highest BCUT2D eigenvalue weighted by molar-refractivity contribution is 9.09. The largest absolute Gasteiger partial charge is 0.382 e. The second kappa shape index (κ2) is 6.49. The summed E-state index contributed by atoms with van der Waals surface area (Å²) in [7, 11) is 0. The van der Waals surface area contributed by atoms with E-state index in [1.165, 1.54) is 0 Å². The maximum Gasteiger partial charge on any atom is 0.112 e. The molecule has 1 atom stereocenters. The standard InChI is InChI=1S/C6H12BrFO/c1-2-9-4-3-6(8)5-7/h6H,2-5H2,1H3. The summed E-state index contributed by atoms with van der Waals surface area (Å²) in [6, 6.07) is 0. The van der Waals surface area contributed by atoms with Gasteiger partial charge in [-0.15, -0.1) is 0 Å². The minimum absolute atomic E-state index is 0.417. The van der Waals surface area contributed by atoms with Gasteiger partial charge in [0.1, 0.15) is 6.17 Å². The van der Waals surface area contributed by atoms with Crippen molar-refractivity contribution in [1.29, 1.82) is 0 Å². The summed E-state index contributed by atoms with van der Waals surface area (Å²) in [5.74, 6) is 0. The Hall–Kier alpha value is 0.370. The summed E-state index contributed by atoms with van der Waals surface area (Å²) in [5.41, 5.74) is 0. The van der Waals surface area contributed by atoms with E-state index in [1.54, 1.807) is 0 Å². The number of hydrogen-bond donors (Lipinski definition) is 0. The molecule has 0 aromatic carbocycles. The topological polar surface area (TPSA) is 9.23 Å². The quantitative estimate of drug-likeness (QED) is 0.486. The molecule has 0 heterocycles. The summed E-state index contributed by atoms with van der Waals surface area (Å²) in [6.07, 6.45) is -0.254. The lowest BCUT2D eigenvalue weighted by atomic mass is 10.3. The Kier molecular flexibility index (Phi) is 6.76. The molecule has 0 bridgehead atoms. The van der Waals surface area contributed by atoms with Gasteiger partial charge in [0, 0.05) is 25.0 Å². The van der Waals surface area contributed by atoms with Gasteiger partial charge in [0.2, 0.25) is 0 Å². The molecule has 0 spiro atoms. The van der Waals surface area contributed by atoms with Crippen LogP contribution in [0.25, 0.3) is 0 Å². The molecule has 0 aliphatic rings. The fraction of sp³-hybridized carbons (Fsp3) is 1.00. The average molecular weight is 199 g/mol. The van der Waals surface area contributed by atoms with Crippen LogP contribution in [0, 0.1) is 0 Å². The van der Waals surface area contributed by atoms with Crippen molar-refractivity contribution in [2.75, 3.05) is 18.5 Å². The molecule has 9 heavy (non-hydrogen) atoms. The zero-order chi connectivity index (χ0) is 7.11. The number of hydrogen-bond acceptors (Lipinski definition) is 1. The first-order valence-electron chi connectivity index (χ1n) is 3.09. The van der Waals surface area contributed by atoms with E-state index >= 15 is 0 Å². The lowest BCUT2D eigenvalue weighted by molar-refractivity contribution is 0.127. The van der Waals surface area contributed by atoms with E-state index in [-0.39, 0.29) is 0 Å². The minimum Gasteiger partial charge on any atom is -0.382 e. The van der Waals surface area contributed by atoms with E-state index in [0.29, 0.717) is 25.0 Å². The maximum absolute atomic E-state index is 12.3. The van der Waals surface area contributed by atoms with Crippen LogP contribution in [-0.4, -0.2) is 24.7 Å². The summed E-state index contributed by atoms with van der Waals surface area (Å²) in [5, 5.41) is 0.417. The highest BCUT2D eigenvalue weighted by Gasteiger charge is 2.01. The molecule has 0 aliphatic heterocycles. The van der Waals surface area contributed by atoms with Gasteiger partial charge in [-0.1, -0.05) is 15.9 Å². The monoisotopic (exact) mass is 198 g/mol. The second-order valence-electron chi connectivity index (χ2n) is 1.74. The van der Waals surface area contributed by atoms with Gasteiger partial charge in [0.15, 0.2) is 0 Å². The molecule has 0 amide bonds. The first kappa shape index (κ1) is 9.37. The van der Waals surface area contributed by atoms with Crippen LogP contribution in [0.5, 0.6) is 0 Å². The molecule has 0 aromatic rings. The molecule has 56 valence electrons. The molecule has 0 aromatic heterocycles. The first-order valence-corrected chi connectivity index (χ1v) is 4.21. The zero-order valence-corrected chi connectivity index (χ0v) is 7.16. The van der Waals surface area contributed by atoms with E-state index in [1.807, 2.05) is 6.92 Å². The van der Waals surface area contributed by atoms with E-state index in [2.05, 4.69) is 15.9 Å². The van der Waals surface area contributed by atoms with Crippen molar-refractivity contribution in [2.24, 2.45) is 0 Å². The Bertz CT molecular complexity index is 61.0. The van der Waals surface area contributed by atoms with Gasteiger partial charge >= 0.3 is 0 Å². The Morgan fingerprint density at radius 2 is 2.33 bits per heavy atom. The van der Waals surface area contributed by atoms with Crippen LogP contribution in [0.1, 0.15) is 13.3 Å². The van der Waals surface area contributed by atoms with Crippen molar-refractivity contribution >= 4 is 15.9 Å². The van der Waals surface area contributed by atoms with Crippen LogP contribution in [-0.2, 0) is 4.74 Å². The van der Waals surface area contributed by atoms with Crippen LogP contribution in [0.2, 0.25) is 0 Å². The van der Waals surface area contributed by atoms with Gasteiger partial charge in [-0.3, -0.25) is 0 Å². The highest BCUT2D eigenvalue weighted by atomic mass is 79.9. The van der Waals surface area contributed by atoms with Crippen molar-refractivity contribution in [3.05, 3.63) is 0 Å². The number of halogens is 2. The van der Waals surface area contributed by atoms with Crippen molar-refractivity contribution < 1.29 is 9.13 Å². The SMILES string of the molecule is CCOCCC(F)CBr. The van der Waals surface area contributed by atoms with Crippen LogP contribution in [0.4, 0.5) is 4.39 Å². The highest BCUT2D eigenvalue weighted by Crippen LogP contribution is 2.01. The molecule has 0 N–H and O–H groups in total. The predicted molar refractivity (Wildman–Crippen MR) is 39.8 cm³/mol. The Labute approximate surface area is 63.7 Å². The predicted octanol–water partition coefficient (Wildman–Crippen LogP) is 2.15. The molecule has 1 unspecified atom stereocenters. The van der Waals surface area contributed by atoms with E-state index in [4.69, 9.17) is 4.74 Å². The molecule has 1 nitrogen and oxygen atoms in total. The fourth-order valence-electron chi connectivity index (χ4n) is 0.433. The average Bonchev–Trinajstić information content (AvgIpc) is 1.89. The van der Waals surface area contributed by atoms with Gasteiger partial charge < -0.3 is 4.74 Å². The number of alkyl halides is 2. The summed E-state index contributed by atoms with van der Waals surface area (Å²) in [4.78, 5) is 0. The van der Waals surface area contributed by atoms with Crippen molar-refractivity contribution in [3.63, 3.8) is 0 Å². The van der Waals surface area contributed by atoms with Gasteiger partial charge in [0.05, 0.1) is 0 Å². The van der Waals surface area contributed by atoms with Crippen molar-refractivity contribution in [2.45, 2.75) is 19.5 Å². The Morgan fingerprint density at radius 1 is 1.67 bits per heavy atom. The zero-order valence-electron chi connectivity index (χ0n) is 5.57. The molecular weight excluding hydrogens is 187 g/mol. The smallest absolute Gasteiger partial charge is 0.112 e. The van der Waals surface area contributed by atoms with E-state index in [9.17, 15) is 4.39 Å². The maximum atomic E-state index is 12.3. The number of ether oxygens (including phenoxy) is 1. The summed E-state index contributed by atoms with van der Waals surface area (Å²) in [6.45, 7) is 3.11. The summed E-state index contributed by atoms with van der Waals surface area (Å²) < 4.78 is 17.3. The van der Waals surface area contributed by atoms with Gasteiger partial charge in [-0.2, -0.15) is 0 Å². The Morgan fingerprint density at radius 3 is 2.78 bits per heavy atom. The fourth-order valence-corrected chi connectivity index (χ4v) is 0.756. The lowest BCUT2D eigenvalue weighted by Crippen LogP contribution is -2.06. The molecule has 0 radical (unpaired) electrons. The third kappa shape index (κ3) is 6.25. The second-order valence-corrected chi connectivity index (χ2v) is 2.38. The first-order chi connectivity index (χ1) is 4.31. The lowest BCUT2D eigenvalue weighted by Gasteiger charge is -2.02. The molecule has 0 rings (SSSR count). The molecule has 0 saturated heterocycles. The van der Waals surface area contributed by atoms with Crippen molar-refractivity contribution in [1.82, 2.24) is 0 Å². The third-order valence-electron chi connectivity index (χ3n) is 0.947. The molecule has 3 heteroatoms. The third-order valence-corrected chi connectivity index (χ3v) is 1.65. The van der Waals surface area contributed by atoms with Crippen LogP contribution >= 0.6 is 15.9 Å². The van der Waals surface area contributed by atoms with Crippen molar-refractivity contribution in [3.8, 4) is 0 Å². The molecule has 0 aliphatic carbocycles. The van der Waals surface area contributed by atoms with E-state index < -0.39 is 6.17 Å². The van der Waals surface area contributed by atoms with Crippen LogP contribution in [0.3, 0.4) is 0 Å². The van der Waals surface area contributed by atoms with E-state index in [0.717, 1.165) is 0 Å². The summed E-state index contributed by atoms with van der Waals surface area (Å²) >= 11 is 3.04.